The molecule has 0 saturated carbocycles. The van der Waals surface area contributed by atoms with Crippen molar-refractivity contribution in [2.45, 2.75) is 45.7 Å². The molecule has 0 saturated heterocycles. The zero-order valence-electron chi connectivity index (χ0n) is 13.3. The van der Waals surface area contributed by atoms with Gasteiger partial charge in [0.05, 0.1) is 7.11 Å². The molecule has 21 heavy (non-hydrogen) atoms. The summed E-state index contributed by atoms with van der Waals surface area (Å²) < 4.78 is 5.53. The van der Waals surface area contributed by atoms with Crippen molar-refractivity contribution >= 4 is 5.91 Å². The molecule has 0 bridgehead atoms. The van der Waals surface area contributed by atoms with Crippen LogP contribution in [0, 0.1) is 0 Å². The number of methoxy groups -OCH3 is 1. The lowest BCUT2D eigenvalue weighted by molar-refractivity contribution is -0.119. The molecule has 0 aliphatic carbocycles. The summed E-state index contributed by atoms with van der Waals surface area (Å²) in [6, 6.07) is 6.48. The number of hydrogen-bond acceptors (Lipinski definition) is 3. The second-order valence-electron chi connectivity index (χ2n) is 5.89. The van der Waals surface area contributed by atoms with Gasteiger partial charge in [0, 0.05) is 31.6 Å². The molecule has 0 fully saturated rings. The molecule has 1 N–H and O–H groups in total. The molecule has 4 nitrogen and oxygen atoms in total. The Balaban J connectivity index is 2.12. The van der Waals surface area contributed by atoms with Crippen LogP contribution in [0.1, 0.15) is 37.8 Å². The quantitative estimate of drug-likeness (QED) is 0.925. The molecule has 1 atom stereocenters. The molecule has 1 heterocycles. The van der Waals surface area contributed by atoms with E-state index in [2.05, 4.69) is 29.3 Å². The Labute approximate surface area is 127 Å². The fourth-order valence-electron chi connectivity index (χ4n) is 3.11. The van der Waals surface area contributed by atoms with E-state index >= 15 is 0 Å². The van der Waals surface area contributed by atoms with Crippen molar-refractivity contribution in [1.29, 1.82) is 0 Å². The Hall–Kier alpha value is -1.55. The van der Waals surface area contributed by atoms with Gasteiger partial charge in [0.25, 0.3) is 0 Å². The summed E-state index contributed by atoms with van der Waals surface area (Å²) in [7, 11) is 1.73. The molecule has 1 aliphatic heterocycles. The highest BCUT2D eigenvalue weighted by molar-refractivity contribution is 5.73. The summed E-state index contributed by atoms with van der Waals surface area (Å²) in [5, 5.41) is 2.97. The van der Waals surface area contributed by atoms with Gasteiger partial charge in [-0.15, -0.1) is 0 Å². The van der Waals surface area contributed by atoms with E-state index in [-0.39, 0.29) is 11.9 Å². The largest absolute Gasteiger partial charge is 0.496 e. The van der Waals surface area contributed by atoms with Crippen LogP contribution in [-0.2, 0) is 17.8 Å². The molecular weight excluding hydrogens is 264 g/mol. The predicted molar refractivity (Wildman–Crippen MR) is 84.5 cm³/mol. The number of ether oxygens (including phenoxy) is 1. The number of rotatable bonds is 4. The summed E-state index contributed by atoms with van der Waals surface area (Å²) >= 11 is 0. The van der Waals surface area contributed by atoms with Crippen molar-refractivity contribution in [2.24, 2.45) is 0 Å². The number of hydrogen-bond donors (Lipinski definition) is 1. The van der Waals surface area contributed by atoms with E-state index in [4.69, 9.17) is 4.74 Å². The zero-order chi connectivity index (χ0) is 15.2. The number of nitrogens with zero attached hydrogens (tertiary/aromatic N) is 1. The minimum Gasteiger partial charge on any atom is -0.496 e. The Bertz CT molecular complexity index is 488. The lowest BCUT2D eigenvalue weighted by atomic mass is 9.98. The number of carbonyl (C=O) groups excluding carboxylic acids is 1. The molecule has 0 radical (unpaired) electrons. The molecule has 1 aliphatic rings. The van der Waals surface area contributed by atoms with E-state index in [9.17, 15) is 4.79 Å². The Morgan fingerprint density at radius 2 is 2.24 bits per heavy atom. The van der Waals surface area contributed by atoms with Crippen molar-refractivity contribution in [2.75, 3.05) is 20.2 Å². The second kappa shape index (κ2) is 7.46. The number of fused-ring (bicyclic) bond motifs is 1. The summed E-state index contributed by atoms with van der Waals surface area (Å²) in [6.45, 7) is 6.47. The van der Waals surface area contributed by atoms with Crippen molar-refractivity contribution in [3.05, 3.63) is 29.3 Å². The monoisotopic (exact) mass is 290 g/mol. The van der Waals surface area contributed by atoms with Gasteiger partial charge in [0.1, 0.15) is 5.75 Å². The van der Waals surface area contributed by atoms with Crippen LogP contribution >= 0.6 is 0 Å². The van der Waals surface area contributed by atoms with E-state index in [1.54, 1.807) is 14.0 Å². The first-order valence-corrected chi connectivity index (χ1v) is 7.74. The van der Waals surface area contributed by atoms with Gasteiger partial charge in [-0.05, 0) is 44.4 Å². The molecular formula is C17H26N2O2. The van der Waals surface area contributed by atoms with Gasteiger partial charge in [-0.25, -0.2) is 0 Å². The molecule has 0 aromatic heterocycles. The van der Waals surface area contributed by atoms with Crippen molar-refractivity contribution < 1.29 is 9.53 Å². The summed E-state index contributed by atoms with van der Waals surface area (Å²) in [5.74, 6) is 1.01. The van der Waals surface area contributed by atoms with E-state index in [1.165, 1.54) is 24.0 Å². The van der Waals surface area contributed by atoms with Gasteiger partial charge < -0.3 is 10.1 Å². The average Bonchev–Trinajstić information content (AvgIpc) is 2.40. The van der Waals surface area contributed by atoms with Gasteiger partial charge >= 0.3 is 0 Å². The first kappa shape index (κ1) is 15.8. The lowest BCUT2D eigenvalue weighted by Gasteiger charge is -2.29. The molecule has 1 aromatic rings. The predicted octanol–water partition coefficient (Wildman–Crippen LogP) is 2.36. The summed E-state index contributed by atoms with van der Waals surface area (Å²) in [6.07, 6.45) is 3.52. The molecule has 1 amide bonds. The fraction of sp³-hybridized carbons (Fsp3) is 0.588. The first-order valence-electron chi connectivity index (χ1n) is 7.74. The van der Waals surface area contributed by atoms with Crippen LogP contribution in [0.2, 0.25) is 0 Å². The van der Waals surface area contributed by atoms with Crippen LogP contribution in [0.15, 0.2) is 18.2 Å². The van der Waals surface area contributed by atoms with E-state index in [1.807, 2.05) is 6.07 Å². The third-order valence-corrected chi connectivity index (χ3v) is 3.98. The smallest absolute Gasteiger partial charge is 0.217 e. The molecule has 116 valence electrons. The third-order valence-electron chi connectivity index (χ3n) is 3.98. The lowest BCUT2D eigenvalue weighted by Crippen LogP contribution is -2.41. The van der Waals surface area contributed by atoms with Crippen LogP contribution < -0.4 is 10.1 Å². The maximum Gasteiger partial charge on any atom is 0.217 e. The number of carbonyl (C=O) groups is 1. The molecule has 4 heteroatoms. The molecule has 1 aromatic carbocycles. The van der Waals surface area contributed by atoms with Crippen LogP contribution in [0.5, 0.6) is 5.75 Å². The van der Waals surface area contributed by atoms with Crippen LogP contribution in [0.3, 0.4) is 0 Å². The third kappa shape index (κ3) is 4.46. The first-order chi connectivity index (χ1) is 10.1. The maximum atomic E-state index is 11.2. The van der Waals surface area contributed by atoms with Gasteiger partial charge in [-0.3, -0.25) is 9.69 Å². The van der Waals surface area contributed by atoms with E-state index in [0.717, 1.165) is 31.8 Å². The number of benzene rings is 1. The summed E-state index contributed by atoms with van der Waals surface area (Å²) in [4.78, 5) is 13.6. The van der Waals surface area contributed by atoms with Crippen LogP contribution in [-0.4, -0.2) is 37.0 Å². The standard InChI is InChI=1S/C17H26N2O2/c1-13(18-14(2)20)11-19-10-5-4-7-15-8-6-9-17(21-3)16(15)12-19/h6,8-9,13H,4-5,7,10-12H2,1-3H3,(H,18,20)/t13-/m0/s1. The highest BCUT2D eigenvalue weighted by Gasteiger charge is 2.18. The molecule has 0 spiro atoms. The van der Waals surface area contributed by atoms with Crippen LogP contribution in [0.4, 0.5) is 0 Å². The van der Waals surface area contributed by atoms with Gasteiger partial charge in [0.15, 0.2) is 0 Å². The molecule has 0 unspecified atom stereocenters. The minimum absolute atomic E-state index is 0.0347. The normalized spacial score (nSPS) is 17.3. The van der Waals surface area contributed by atoms with E-state index < -0.39 is 0 Å². The van der Waals surface area contributed by atoms with Crippen LogP contribution in [0.25, 0.3) is 0 Å². The topological polar surface area (TPSA) is 41.6 Å². The number of nitrogens with one attached hydrogen (secondary N) is 1. The highest BCUT2D eigenvalue weighted by atomic mass is 16.5. The highest BCUT2D eigenvalue weighted by Crippen LogP contribution is 2.27. The fourth-order valence-corrected chi connectivity index (χ4v) is 3.11. The van der Waals surface area contributed by atoms with Crippen molar-refractivity contribution in [1.82, 2.24) is 10.2 Å². The SMILES string of the molecule is COc1cccc2c1CN(C[C@H](C)NC(C)=O)CCCC2. The van der Waals surface area contributed by atoms with Crippen molar-refractivity contribution in [3.8, 4) is 5.75 Å². The second-order valence-corrected chi connectivity index (χ2v) is 5.89. The Morgan fingerprint density at radius 3 is 2.95 bits per heavy atom. The number of aryl methyl sites for hydroxylation is 1. The van der Waals surface area contributed by atoms with Gasteiger partial charge in [-0.2, -0.15) is 0 Å². The Morgan fingerprint density at radius 1 is 1.43 bits per heavy atom. The number of amides is 1. The minimum atomic E-state index is 0.0347. The van der Waals surface area contributed by atoms with Gasteiger partial charge in [0.2, 0.25) is 5.91 Å². The maximum absolute atomic E-state index is 11.2. The van der Waals surface area contributed by atoms with Crippen molar-refractivity contribution in [3.63, 3.8) is 0 Å². The zero-order valence-corrected chi connectivity index (χ0v) is 13.3. The molecule has 2 rings (SSSR count). The summed E-state index contributed by atoms with van der Waals surface area (Å²) in [5.41, 5.74) is 2.70. The Kier molecular flexibility index (Phi) is 5.62. The van der Waals surface area contributed by atoms with Gasteiger partial charge in [-0.1, -0.05) is 12.1 Å². The average molecular weight is 290 g/mol. The van der Waals surface area contributed by atoms with E-state index in [0.29, 0.717) is 0 Å².